The standard InChI is InChI=1S/C7H9N3O.C3H6O/c8-7(11)10-9-6-4-2-1-3-5-6;1-3(2)4/h1-5,9H,(H3,8,10,11);1-2H3. The van der Waals surface area contributed by atoms with Crippen LogP contribution in [0.15, 0.2) is 30.3 Å². The average Bonchev–Trinajstić information content (AvgIpc) is 2.15. The number of hydrazine groups is 1. The molecule has 5 nitrogen and oxygen atoms in total. The second-order valence-corrected chi connectivity index (χ2v) is 2.89. The fourth-order valence-corrected chi connectivity index (χ4v) is 0.655. The van der Waals surface area contributed by atoms with Crippen molar-refractivity contribution in [1.82, 2.24) is 5.43 Å². The summed E-state index contributed by atoms with van der Waals surface area (Å²) in [6, 6.07) is 8.62. The topological polar surface area (TPSA) is 84.2 Å². The molecule has 0 unspecified atom stereocenters. The first-order valence-electron chi connectivity index (χ1n) is 4.36. The molecule has 0 saturated carbocycles. The first-order chi connectivity index (χ1) is 7.02. The molecule has 0 radical (unpaired) electrons. The second-order valence-electron chi connectivity index (χ2n) is 2.89. The van der Waals surface area contributed by atoms with E-state index in [9.17, 15) is 9.59 Å². The molecule has 0 aliphatic heterocycles. The van der Waals surface area contributed by atoms with E-state index in [1.54, 1.807) is 0 Å². The first kappa shape index (κ1) is 13.0. The number of hydrogen-bond acceptors (Lipinski definition) is 3. The van der Waals surface area contributed by atoms with Gasteiger partial charge in [-0.05, 0) is 26.0 Å². The quantitative estimate of drug-likeness (QED) is 0.641. The van der Waals surface area contributed by atoms with Crippen LogP contribution in [0, 0.1) is 0 Å². The minimum absolute atomic E-state index is 0.167. The number of para-hydroxylation sites is 1. The Bertz CT molecular complexity index is 308. The summed E-state index contributed by atoms with van der Waals surface area (Å²) in [5.74, 6) is 0.167. The number of hydrogen-bond donors (Lipinski definition) is 3. The van der Waals surface area contributed by atoms with Crippen LogP contribution in [0.3, 0.4) is 0 Å². The third-order valence-corrected chi connectivity index (χ3v) is 1.10. The molecule has 0 saturated heterocycles. The number of rotatable bonds is 2. The Morgan fingerprint density at radius 3 is 2.00 bits per heavy atom. The molecule has 0 heterocycles. The van der Waals surface area contributed by atoms with Gasteiger partial charge in [-0.15, -0.1) is 0 Å². The molecule has 0 spiro atoms. The molecule has 15 heavy (non-hydrogen) atoms. The Morgan fingerprint density at radius 2 is 1.60 bits per heavy atom. The molecular weight excluding hydrogens is 194 g/mol. The smallest absolute Gasteiger partial charge is 0.330 e. The number of benzene rings is 1. The highest BCUT2D eigenvalue weighted by Gasteiger charge is 1.89. The summed E-state index contributed by atoms with van der Waals surface area (Å²) in [5, 5.41) is 0. The fraction of sp³-hybridized carbons (Fsp3) is 0.200. The fourth-order valence-electron chi connectivity index (χ4n) is 0.655. The van der Waals surface area contributed by atoms with Gasteiger partial charge in [-0.3, -0.25) is 10.9 Å². The maximum absolute atomic E-state index is 10.2. The number of urea groups is 1. The largest absolute Gasteiger partial charge is 0.350 e. The van der Waals surface area contributed by atoms with Crippen LogP contribution in [0.4, 0.5) is 10.5 Å². The maximum Gasteiger partial charge on any atom is 0.330 e. The highest BCUT2D eigenvalue weighted by Crippen LogP contribution is 2.01. The van der Waals surface area contributed by atoms with Gasteiger partial charge in [-0.1, -0.05) is 18.2 Å². The van der Waals surface area contributed by atoms with Gasteiger partial charge in [0.25, 0.3) is 0 Å². The Balaban J connectivity index is 0.000000423. The van der Waals surface area contributed by atoms with Crippen molar-refractivity contribution in [3.05, 3.63) is 30.3 Å². The summed E-state index contributed by atoms with van der Waals surface area (Å²) in [4.78, 5) is 19.7. The molecule has 1 rings (SSSR count). The summed E-state index contributed by atoms with van der Waals surface area (Å²) in [6.07, 6.45) is 0. The zero-order chi connectivity index (χ0) is 11.7. The number of ketones is 1. The maximum atomic E-state index is 10.2. The highest BCUT2D eigenvalue weighted by atomic mass is 16.2. The number of Topliss-reactive ketones (excluding diaryl/α,β-unsaturated/α-hetero) is 1. The summed E-state index contributed by atoms with van der Waals surface area (Å²) < 4.78 is 0. The van der Waals surface area contributed by atoms with Gasteiger partial charge in [0.05, 0.1) is 5.69 Å². The van der Waals surface area contributed by atoms with Crippen molar-refractivity contribution in [3.8, 4) is 0 Å². The van der Waals surface area contributed by atoms with Crippen molar-refractivity contribution in [2.45, 2.75) is 13.8 Å². The number of amides is 2. The van der Waals surface area contributed by atoms with E-state index in [-0.39, 0.29) is 5.78 Å². The number of primary amides is 1. The van der Waals surface area contributed by atoms with E-state index in [1.165, 1.54) is 13.8 Å². The number of carbonyl (C=O) groups excluding carboxylic acids is 2. The van der Waals surface area contributed by atoms with E-state index < -0.39 is 6.03 Å². The van der Waals surface area contributed by atoms with E-state index in [4.69, 9.17) is 5.73 Å². The Kier molecular flexibility index (Phi) is 6.37. The first-order valence-corrected chi connectivity index (χ1v) is 4.36. The molecule has 4 N–H and O–H groups in total. The van der Waals surface area contributed by atoms with E-state index >= 15 is 0 Å². The summed E-state index contributed by atoms with van der Waals surface area (Å²) in [7, 11) is 0. The van der Waals surface area contributed by atoms with E-state index in [1.807, 2.05) is 30.3 Å². The molecule has 0 aliphatic rings. The van der Waals surface area contributed by atoms with E-state index in [2.05, 4.69) is 10.9 Å². The van der Waals surface area contributed by atoms with Crippen LogP contribution in [0.2, 0.25) is 0 Å². The molecule has 0 fully saturated rings. The zero-order valence-corrected chi connectivity index (χ0v) is 8.78. The molecule has 0 aliphatic carbocycles. The van der Waals surface area contributed by atoms with Gasteiger partial charge in [0.2, 0.25) is 0 Å². The summed E-state index contributed by atoms with van der Waals surface area (Å²) >= 11 is 0. The lowest BCUT2D eigenvalue weighted by molar-refractivity contribution is -0.114. The molecule has 82 valence electrons. The van der Waals surface area contributed by atoms with Crippen LogP contribution in [-0.2, 0) is 4.79 Å². The SMILES string of the molecule is CC(C)=O.NC(=O)NNc1ccccc1. The monoisotopic (exact) mass is 209 g/mol. The van der Waals surface area contributed by atoms with Gasteiger partial charge in [-0.25, -0.2) is 4.79 Å². The lowest BCUT2D eigenvalue weighted by Gasteiger charge is -2.03. The predicted octanol–water partition coefficient (Wildman–Crippen LogP) is 1.28. The molecule has 0 bridgehead atoms. The van der Waals surface area contributed by atoms with Gasteiger partial charge in [0.15, 0.2) is 0 Å². The molecular formula is C10H15N3O2. The second kappa shape index (κ2) is 7.37. The summed E-state index contributed by atoms with van der Waals surface area (Å²) in [5.41, 5.74) is 10.5. The lowest BCUT2D eigenvalue weighted by Crippen LogP contribution is -2.34. The van der Waals surface area contributed by atoms with Crippen molar-refractivity contribution in [2.75, 3.05) is 5.43 Å². The van der Waals surface area contributed by atoms with Crippen molar-refractivity contribution in [2.24, 2.45) is 5.73 Å². The van der Waals surface area contributed by atoms with E-state index in [0.717, 1.165) is 5.69 Å². The predicted molar refractivity (Wildman–Crippen MR) is 59.1 cm³/mol. The van der Waals surface area contributed by atoms with Gasteiger partial charge in [0.1, 0.15) is 5.78 Å². The molecule has 1 aromatic carbocycles. The molecule has 5 heteroatoms. The molecule has 0 atom stereocenters. The van der Waals surface area contributed by atoms with Crippen molar-refractivity contribution in [3.63, 3.8) is 0 Å². The number of nitrogens with two attached hydrogens (primary N) is 1. The Hall–Kier alpha value is -2.04. The van der Waals surface area contributed by atoms with E-state index in [0.29, 0.717) is 0 Å². The third kappa shape index (κ3) is 9.88. The van der Waals surface area contributed by atoms with Gasteiger partial charge < -0.3 is 10.5 Å². The van der Waals surface area contributed by atoms with Gasteiger partial charge in [-0.2, -0.15) is 0 Å². The van der Waals surface area contributed by atoms with Crippen LogP contribution in [-0.4, -0.2) is 11.8 Å². The zero-order valence-electron chi connectivity index (χ0n) is 8.78. The third-order valence-electron chi connectivity index (χ3n) is 1.10. The van der Waals surface area contributed by atoms with Crippen molar-refractivity contribution >= 4 is 17.5 Å². The molecule has 2 amide bonds. The lowest BCUT2D eigenvalue weighted by atomic mass is 10.3. The minimum Gasteiger partial charge on any atom is -0.350 e. The van der Waals surface area contributed by atoms with Crippen molar-refractivity contribution in [1.29, 1.82) is 0 Å². The van der Waals surface area contributed by atoms with Crippen LogP contribution >= 0.6 is 0 Å². The van der Waals surface area contributed by atoms with Crippen LogP contribution < -0.4 is 16.6 Å². The van der Waals surface area contributed by atoms with Crippen LogP contribution in [0.5, 0.6) is 0 Å². The molecule has 1 aromatic rings. The number of nitrogens with one attached hydrogen (secondary N) is 2. The van der Waals surface area contributed by atoms with Crippen molar-refractivity contribution < 1.29 is 9.59 Å². The average molecular weight is 209 g/mol. The Morgan fingerprint density at radius 1 is 1.13 bits per heavy atom. The summed E-state index contributed by atoms with van der Waals surface area (Å²) in [6.45, 7) is 3.06. The van der Waals surface area contributed by atoms with Gasteiger partial charge >= 0.3 is 6.03 Å². The van der Waals surface area contributed by atoms with Crippen LogP contribution in [0.1, 0.15) is 13.8 Å². The minimum atomic E-state index is -0.603. The number of carbonyl (C=O) groups is 2. The van der Waals surface area contributed by atoms with Crippen LogP contribution in [0.25, 0.3) is 0 Å². The molecule has 0 aromatic heterocycles. The normalized spacial score (nSPS) is 8.13. The highest BCUT2D eigenvalue weighted by molar-refractivity contribution is 5.73. The Labute approximate surface area is 88.6 Å². The number of anilines is 1. The van der Waals surface area contributed by atoms with Gasteiger partial charge in [0, 0.05) is 0 Å².